The van der Waals surface area contributed by atoms with Crippen molar-refractivity contribution in [1.82, 2.24) is 4.98 Å². The average molecular weight is 468 g/mol. The minimum absolute atomic E-state index is 0.852. The van der Waals surface area contributed by atoms with Crippen LogP contribution in [0.15, 0.2) is 87.8 Å². The molecule has 7 aromatic rings. The average Bonchev–Trinajstić information content (AvgIpc) is 3.42. The van der Waals surface area contributed by atoms with Crippen molar-refractivity contribution < 1.29 is 8.83 Å². The van der Waals surface area contributed by atoms with E-state index >= 15 is 0 Å². The van der Waals surface area contributed by atoms with Crippen LogP contribution in [-0.4, -0.2) is 4.98 Å². The molecule has 36 heavy (non-hydrogen) atoms. The Labute approximate surface area is 209 Å². The van der Waals surface area contributed by atoms with Crippen LogP contribution in [0, 0.1) is 27.7 Å². The van der Waals surface area contributed by atoms with E-state index in [0.29, 0.717) is 0 Å². The molecule has 0 aliphatic carbocycles. The van der Waals surface area contributed by atoms with Crippen LogP contribution in [0.1, 0.15) is 22.3 Å². The zero-order chi connectivity index (χ0) is 24.6. The standard InChI is InChI=1S/C33H25NO2/c1-18-12-20(3)30-24(14-18)26-17-27-25-15-19(2)13-21(4)31(25)36-33(27)29(32(26)35-30)23-10-11-34-28(16-23)22-8-6-5-7-9-22/h5-17H,1-4H3. The number of aryl methyl sites for hydroxylation is 4. The lowest BCUT2D eigenvalue weighted by Gasteiger charge is -2.07. The Morgan fingerprint density at radius 1 is 0.528 bits per heavy atom. The molecule has 0 saturated heterocycles. The van der Waals surface area contributed by atoms with Gasteiger partial charge in [0.25, 0.3) is 0 Å². The molecular weight excluding hydrogens is 442 g/mol. The summed E-state index contributed by atoms with van der Waals surface area (Å²) in [5.74, 6) is 0. The summed E-state index contributed by atoms with van der Waals surface area (Å²) in [5, 5.41) is 4.50. The van der Waals surface area contributed by atoms with Crippen LogP contribution in [0.3, 0.4) is 0 Å². The normalized spacial score (nSPS) is 11.9. The van der Waals surface area contributed by atoms with Gasteiger partial charge in [0, 0.05) is 33.3 Å². The van der Waals surface area contributed by atoms with Gasteiger partial charge in [0.15, 0.2) is 0 Å². The second-order valence-electron chi connectivity index (χ2n) is 9.92. The van der Waals surface area contributed by atoms with Gasteiger partial charge in [0.05, 0.1) is 11.3 Å². The summed E-state index contributed by atoms with van der Waals surface area (Å²) in [4.78, 5) is 4.67. The van der Waals surface area contributed by atoms with E-state index in [0.717, 1.165) is 77.4 Å². The first-order valence-electron chi connectivity index (χ1n) is 12.3. The quantitative estimate of drug-likeness (QED) is 0.254. The SMILES string of the molecule is Cc1cc(C)c2oc3c(-c4ccnc(-c5ccccc5)c4)c4oc5c(C)cc(C)cc5c4cc3c2c1. The number of furan rings is 2. The number of aromatic nitrogens is 1. The van der Waals surface area contributed by atoms with Crippen molar-refractivity contribution in [3.05, 3.63) is 101 Å². The zero-order valence-corrected chi connectivity index (χ0v) is 20.8. The van der Waals surface area contributed by atoms with Crippen molar-refractivity contribution in [3.63, 3.8) is 0 Å². The summed E-state index contributed by atoms with van der Waals surface area (Å²) in [6, 6.07) is 25.5. The van der Waals surface area contributed by atoms with Crippen LogP contribution in [-0.2, 0) is 0 Å². The molecular formula is C33H25NO2. The van der Waals surface area contributed by atoms with Gasteiger partial charge < -0.3 is 8.83 Å². The van der Waals surface area contributed by atoms with Gasteiger partial charge in [0.2, 0.25) is 0 Å². The number of hydrogen-bond donors (Lipinski definition) is 0. The van der Waals surface area contributed by atoms with Gasteiger partial charge in [-0.1, -0.05) is 42.5 Å². The van der Waals surface area contributed by atoms with Crippen molar-refractivity contribution in [2.75, 3.05) is 0 Å². The summed E-state index contributed by atoms with van der Waals surface area (Å²) in [6.45, 7) is 8.51. The molecule has 7 rings (SSSR count). The van der Waals surface area contributed by atoms with E-state index in [-0.39, 0.29) is 0 Å². The van der Waals surface area contributed by atoms with E-state index in [1.165, 1.54) is 11.1 Å². The summed E-state index contributed by atoms with van der Waals surface area (Å²) in [7, 11) is 0. The minimum atomic E-state index is 0.852. The maximum absolute atomic E-state index is 6.65. The molecule has 0 bridgehead atoms. The molecule has 3 aromatic heterocycles. The highest BCUT2D eigenvalue weighted by molar-refractivity contribution is 6.22. The molecule has 0 spiro atoms. The highest BCUT2D eigenvalue weighted by Gasteiger charge is 2.23. The lowest BCUT2D eigenvalue weighted by atomic mass is 9.96. The first-order valence-corrected chi connectivity index (χ1v) is 12.3. The lowest BCUT2D eigenvalue weighted by molar-refractivity contribution is 0.655. The number of hydrogen-bond acceptors (Lipinski definition) is 3. The molecule has 3 heterocycles. The summed E-state index contributed by atoms with van der Waals surface area (Å²) >= 11 is 0. The van der Waals surface area contributed by atoms with Crippen molar-refractivity contribution in [2.24, 2.45) is 0 Å². The summed E-state index contributed by atoms with van der Waals surface area (Å²) in [5.41, 5.74) is 12.3. The fourth-order valence-corrected chi connectivity index (χ4v) is 5.66. The Morgan fingerprint density at radius 3 is 1.67 bits per heavy atom. The fraction of sp³-hybridized carbons (Fsp3) is 0.121. The number of rotatable bonds is 2. The molecule has 0 amide bonds. The minimum Gasteiger partial charge on any atom is -0.455 e. The second-order valence-corrected chi connectivity index (χ2v) is 9.92. The van der Waals surface area contributed by atoms with Crippen LogP contribution in [0.5, 0.6) is 0 Å². The molecule has 0 atom stereocenters. The van der Waals surface area contributed by atoms with E-state index < -0.39 is 0 Å². The molecule has 0 aliphatic rings. The Kier molecular flexibility index (Phi) is 4.40. The van der Waals surface area contributed by atoms with E-state index in [4.69, 9.17) is 8.83 Å². The summed E-state index contributed by atoms with van der Waals surface area (Å²) < 4.78 is 13.3. The Hall–Kier alpha value is -4.37. The first-order chi connectivity index (χ1) is 17.5. The molecule has 0 N–H and O–H groups in total. The van der Waals surface area contributed by atoms with Crippen molar-refractivity contribution in [3.8, 4) is 22.4 Å². The topological polar surface area (TPSA) is 39.2 Å². The Bertz CT molecular complexity index is 1870. The smallest absolute Gasteiger partial charge is 0.147 e. The number of benzene rings is 4. The van der Waals surface area contributed by atoms with Gasteiger partial charge in [-0.05, 0) is 85.8 Å². The third-order valence-electron chi connectivity index (χ3n) is 7.18. The number of pyridine rings is 1. The molecule has 0 unspecified atom stereocenters. The predicted molar refractivity (Wildman–Crippen MR) is 149 cm³/mol. The third-order valence-corrected chi connectivity index (χ3v) is 7.18. The zero-order valence-electron chi connectivity index (χ0n) is 20.8. The van der Waals surface area contributed by atoms with Gasteiger partial charge in [0.1, 0.15) is 22.3 Å². The van der Waals surface area contributed by atoms with Crippen LogP contribution >= 0.6 is 0 Å². The number of fused-ring (bicyclic) bond motifs is 6. The maximum atomic E-state index is 6.65. The monoisotopic (exact) mass is 467 g/mol. The van der Waals surface area contributed by atoms with Crippen molar-refractivity contribution in [2.45, 2.75) is 27.7 Å². The second kappa shape index (κ2) is 7.56. The van der Waals surface area contributed by atoms with E-state index in [1.54, 1.807) is 0 Å². The molecule has 174 valence electrons. The highest BCUT2D eigenvalue weighted by atomic mass is 16.3. The van der Waals surface area contributed by atoms with E-state index in [1.807, 2.05) is 24.4 Å². The van der Waals surface area contributed by atoms with Crippen molar-refractivity contribution >= 4 is 43.9 Å². The van der Waals surface area contributed by atoms with E-state index in [2.05, 4.69) is 87.3 Å². The fourth-order valence-electron chi connectivity index (χ4n) is 5.66. The third kappa shape index (κ3) is 3.02. The Morgan fingerprint density at radius 2 is 1.08 bits per heavy atom. The predicted octanol–water partition coefficient (Wildman–Crippen LogP) is 9.45. The maximum Gasteiger partial charge on any atom is 0.147 e. The van der Waals surface area contributed by atoms with E-state index in [9.17, 15) is 0 Å². The molecule has 0 saturated carbocycles. The van der Waals surface area contributed by atoms with Crippen LogP contribution < -0.4 is 0 Å². The molecule has 0 fully saturated rings. The molecule has 0 aliphatic heterocycles. The molecule has 0 radical (unpaired) electrons. The molecule has 3 nitrogen and oxygen atoms in total. The Balaban J connectivity index is 1.67. The van der Waals surface area contributed by atoms with Crippen molar-refractivity contribution in [1.29, 1.82) is 0 Å². The number of nitrogens with zero attached hydrogens (tertiary/aromatic N) is 1. The van der Waals surface area contributed by atoms with Gasteiger partial charge in [-0.2, -0.15) is 0 Å². The van der Waals surface area contributed by atoms with Crippen LogP contribution in [0.2, 0.25) is 0 Å². The van der Waals surface area contributed by atoms with Crippen LogP contribution in [0.4, 0.5) is 0 Å². The lowest BCUT2D eigenvalue weighted by Crippen LogP contribution is -1.86. The van der Waals surface area contributed by atoms with Gasteiger partial charge in [-0.15, -0.1) is 0 Å². The van der Waals surface area contributed by atoms with Crippen LogP contribution in [0.25, 0.3) is 66.3 Å². The summed E-state index contributed by atoms with van der Waals surface area (Å²) in [6.07, 6.45) is 1.87. The molecule has 4 aromatic carbocycles. The first kappa shape index (κ1) is 21.0. The largest absolute Gasteiger partial charge is 0.455 e. The van der Waals surface area contributed by atoms with Gasteiger partial charge >= 0.3 is 0 Å². The molecule has 3 heteroatoms. The van der Waals surface area contributed by atoms with Gasteiger partial charge in [-0.3, -0.25) is 4.98 Å². The van der Waals surface area contributed by atoms with Gasteiger partial charge in [-0.25, -0.2) is 0 Å². The highest BCUT2D eigenvalue weighted by Crippen LogP contribution is 2.46.